The predicted octanol–water partition coefficient (Wildman–Crippen LogP) is 3.35. The lowest BCUT2D eigenvalue weighted by molar-refractivity contribution is 0.430. The van der Waals surface area contributed by atoms with Gasteiger partial charge >= 0.3 is 0 Å². The maximum Gasteiger partial charge on any atom is 0.264 e. The monoisotopic (exact) mass is 228 g/mol. The van der Waals surface area contributed by atoms with Crippen molar-refractivity contribution in [1.29, 1.82) is 0 Å². The summed E-state index contributed by atoms with van der Waals surface area (Å²) in [5.41, 5.74) is 1.66. The Balaban J connectivity index is 2.57. The Morgan fingerprint density at radius 1 is 1.29 bits per heavy atom. The molecule has 2 rings (SSSR count). The van der Waals surface area contributed by atoms with Gasteiger partial charge in [0.15, 0.2) is 0 Å². The first-order chi connectivity index (χ1) is 6.68. The minimum absolute atomic E-state index is 0.0811. The summed E-state index contributed by atoms with van der Waals surface area (Å²) in [6, 6.07) is 5.58. The lowest BCUT2D eigenvalue weighted by atomic mass is 10.1. The van der Waals surface area contributed by atoms with Gasteiger partial charge in [-0.15, -0.1) is 0 Å². The molecule has 0 radical (unpaired) electrons. The van der Waals surface area contributed by atoms with Crippen molar-refractivity contribution in [2.45, 2.75) is 6.92 Å². The SMILES string of the molecule is Cc1cccc(-c2nc(Cl)no2)c1Cl. The second kappa shape index (κ2) is 3.59. The van der Waals surface area contributed by atoms with E-state index in [1.807, 2.05) is 19.1 Å². The van der Waals surface area contributed by atoms with E-state index >= 15 is 0 Å². The fourth-order valence-corrected chi connectivity index (χ4v) is 1.45. The Hall–Kier alpha value is -1.06. The molecule has 5 heteroatoms. The first-order valence-electron chi connectivity index (χ1n) is 3.93. The molecule has 1 aromatic carbocycles. The molecule has 0 amide bonds. The molecule has 72 valence electrons. The number of aryl methyl sites for hydroxylation is 1. The van der Waals surface area contributed by atoms with Crippen molar-refractivity contribution in [2.24, 2.45) is 0 Å². The van der Waals surface area contributed by atoms with E-state index in [0.29, 0.717) is 16.5 Å². The Kier molecular flexibility index (Phi) is 2.44. The summed E-state index contributed by atoms with van der Waals surface area (Å²) in [5.74, 6) is 0.337. The first-order valence-corrected chi connectivity index (χ1v) is 4.69. The number of halogens is 2. The first kappa shape index (κ1) is 9.49. The van der Waals surface area contributed by atoms with Gasteiger partial charge in [-0.3, -0.25) is 0 Å². The largest absolute Gasteiger partial charge is 0.333 e. The van der Waals surface area contributed by atoms with Crippen LogP contribution in [0.25, 0.3) is 11.5 Å². The van der Waals surface area contributed by atoms with Crippen LogP contribution >= 0.6 is 23.2 Å². The zero-order valence-corrected chi connectivity index (χ0v) is 8.80. The van der Waals surface area contributed by atoms with Crippen molar-refractivity contribution in [3.05, 3.63) is 34.1 Å². The quantitative estimate of drug-likeness (QED) is 0.752. The minimum Gasteiger partial charge on any atom is -0.333 e. The molecule has 1 aromatic heterocycles. The third-order valence-corrected chi connectivity index (χ3v) is 2.48. The highest BCUT2D eigenvalue weighted by Crippen LogP contribution is 2.29. The van der Waals surface area contributed by atoms with Crippen molar-refractivity contribution < 1.29 is 4.52 Å². The van der Waals surface area contributed by atoms with Gasteiger partial charge in [0, 0.05) is 0 Å². The highest BCUT2D eigenvalue weighted by Gasteiger charge is 2.11. The molecular formula is C9H6Cl2N2O. The number of aromatic nitrogens is 2. The van der Waals surface area contributed by atoms with E-state index < -0.39 is 0 Å². The number of hydrogen-bond donors (Lipinski definition) is 0. The van der Waals surface area contributed by atoms with Crippen LogP contribution in [0.1, 0.15) is 5.56 Å². The fraction of sp³-hybridized carbons (Fsp3) is 0.111. The van der Waals surface area contributed by atoms with E-state index in [2.05, 4.69) is 10.1 Å². The van der Waals surface area contributed by atoms with Gasteiger partial charge in [-0.25, -0.2) is 0 Å². The highest BCUT2D eigenvalue weighted by molar-refractivity contribution is 6.34. The third kappa shape index (κ3) is 1.61. The van der Waals surface area contributed by atoms with Crippen LogP contribution in [0.2, 0.25) is 10.3 Å². The number of nitrogens with zero attached hydrogens (tertiary/aromatic N) is 2. The molecule has 0 aliphatic carbocycles. The van der Waals surface area contributed by atoms with Gasteiger partial charge in [-0.1, -0.05) is 23.7 Å². The van der Waals surface area contributed by atoms with Crippen LogP contribution < -0.4 is 0 Å². The maximum atomic E-state index is 6.07. The Morgan fingerprint density at radius 3 is 2.71 bits per heavy atom. The zero-order chi connectivity index (χ0) is 10.1. The molecule has 0 N–H and O–H groups in total. The van der Waals surface area contributed by atoms with Crippen LogP contribution in [0.4, 0.5) is 0 Å². The summed E-state index contributed by atoms with van der Waals surface area (Å²) in [7, 11) is 0. The molecule has 14 heavy (non-hydrogen) atoms. The summed E-state index contributed by atoms with van der Waals surface area (Å²) in [6.45, 7) is 1.91. The number of rotatable bonds is 1. The van der Waals surface area contributed by atoms with Gasteiger partial charge < -0.3 is 4.52 Å². The molecule has 1 heterocycles. The van der Waals surface area contributed by atoms with Crippen LogP contribution in [0.5, 0.6) is 0 Å². The molecule has 0 saturated carbocycles. The van der Waals surface area contributed by atoms with E-state index in [4.69, 9.17) is 27.7 Å². The number of benzene rings is 1. The van der Waals surface area contributed by atoms with E-state index in [0.717, 1.165) is 5.56 Å². The van der Waals surface area contributed by atoms with Crippen molar-refractivity contribution >= 4 is 23.2 Å². The Morgan fingerprint density at radius 2 is 2.07 bits per heavy atom. The Labute approximate surface area is 90.6 Å². The predicted molar refractivity (Wildman–Crippen MR) is 54.5 cm³/mol. The van der Waals surface area contributed by atoms with Crippen molar-refractivity contribution in [3.63, 3.8) is 0 Å². The van der Waals surface area contributed by atoms with Gasteiger partial charge in [0.2, 0.25) is 0 Å². The summed E-state index contributed by atoms with van der Waals surface area (Å²) in [4.78, 5) is 3.89. The molecule has 2 aromatic rings. The summed E-state index contributed by atoms with van der Waals surface area (Å²) >= 11 is 11.6. The molecule has 0 atom stereocenters. The summed E-state index contributed by atoms with van der Waals surface area (Å²) < 4.78 is 4.91. The smallest absolute Gasteiger partial charge is 0.264 e. The Bertz CT molecular complexity index is 468. The molecule has 0 aliphatic heterocycles. The summed E-state index contributed by atoms with van der Waals surface area (Å²) in [6.07, 6.45) is 0. The average molecular weight is 229 g/mol. The van der Waals surface area contributed by atoms with Crippen LogP contribution in [-0.2, 0) is 0 Å². The maximum absolute atomic E-state index is 6.07. The molecular weight excluding hydrogens is 223 g/mol. The lowest BCUT2D eigenvalue weighted by Crippen LogP contribution is -1.82. The molecule has 3 nitrogen and oxygen atoms in total. The van der Waals surface area contributed by atoms with E-state index in [1.54, 1.807) is 6.07 Å². The number of hydrogen-bond acceptors (Lipinski definition) is 3. The van der Waals surface area contributed by atoms with Crippen LogP contribution in [0.3, 0.4) is 0 Å². The van der Waals surface area contributed by atoms with Crippen molar-refractivity contribution in [1.82, 2.24) is 10.1 Å². The molecule has 0 aliphatic rings. The van der Waals surface area contributed by atoms with Crippen LogP contribution in [-0.4, -0.2) is 10.1 Å². The second-order valence-corrected chi connectivity index (χ2v) is 3.52. The zero-order valence-electron chi connectivity index (χ0n) is 7.29. The van der Waals surface area contributed by atoms with Gasteiger partial charge in [0.25, 0.3) is 11.2 Å². The standard InChI is InChI=1S/C9H6Cl2N2O/c1-5-3-2-4-6(7(5)10)8-12-9(11)13-14-8/h2-4H,1H3. The molecule has 0 bridgehead atoms. The van der Waals surface area contributed by atoms with E-state index in [1.165, 1.54) is 0 Å². The van der Waals surface area contributed by atoms with Gasteiger partial charge in [0.1, 0.15) is 0 Å². The minimum atomic E-state index is 0.0811. The topological polar surface area (TPSA) is 38.9 Å². The van der Waals surface area contributed by atoms with Crippen LogP contribution in [0, 0.1) is 6.92 Å². The highest BCUT2D eigenvalue weighted by atomic mass is 35.5. The molecule has 0 spiro atoms. The molecule has 0 saturated heterocycles. The van der Waals surface area contributed by atoms with Gasteiger partial charge in [-0.05, 0) is 35.3 Å². The van der Waals surface area contributed by atoms with Gasteiger partial charge in [0.05, 0.1) is 10.6 Å². The molecule has 0 fully saturated rings. The fourth-order valence-electron chi connectivity index (χ4n) is 1.13. The normalized spacial score (nSPS) is 10.5. The second-order valence-electron chi connectivity index (χ2n) is 2.81. The van der Waals surface area contributed by atoms with Gasteiger partial charge in [-0.2, -0.15) is 4.98 Å². The van der Waals surface area contributed by atoms with E-state index in [9.17, 15) is 0 Å². The third-order valence-electron chi connectivity index (χ3n) is 1.82. The van der Waals surface area contributed by atoms with E-state index in [-0.39, 0.29) is 5.28 Å². The average Bonchev–Trinajstić information content (AvgIpc) is 2.57. The molecule has 0 unspecified atom stereocenters. The lowest BCUT2D eigenvalue weighted by Gasteiger charge is -2.00. The van der Waals surface area contributed by atoms with Crippen molar-refractivity contribution in [2.75, 3.05) is 0 Å². The van der Waals surface area contributed by atoms with Crippen molar-refractivity contribution in [3.8, 4) is 11.5 Å². The summed E-state index contributed by atoms with van der Waals surface area (Å²) in [5, 5.41) is 4.17. The van der Waals surface area contributed by atoms with Crippen LogP contribution in [0.15, 0.2) is 22.7 Å².